The molecular weight excluding hydrogens is 392 g/mol. The van der Waals surface area contributed by atoms with E-state index in [1.54, 1.807) is 21.6 Å². The van der Waals surface area contributed by atoms with Crippen molar-refractivity contribution in [2.75, 3.05) is 5.73 Å². The van der Waals surface area contributed by atoms with Gasteiger partial charge < -0.3 is 10.5 Å². The molecule has 2 N–H and O–H groups in total. The maximum Gasteiger partial charge on any atom is 0.190 e. The number of anilines is 1. The van der Waals surface area contributed by atoms with E-state index in [2.05, 4.69) is 39.6 Å². The molecule has 1 aromatic carbocycles. The summed E-state index contributed by atoms with van der Waals surface area (Å²) in [7, 11) is 1.88. The van der Waals surface area contributed by atoms with Crippen LogP contribution in [0.5, 0.6) is 5.75 Å². The van der Waals surface area contributed by atoms with Gasteiger partial charge in [0.05, 0.1) is 12.2 Å². The molecule has 0 saturated heterocycles. The highest BCUT2D eigenvalue weighted by Crippen LogP contribution is 2.37. The van der Waals surface area contributed by atoms with E-state index in [9.17, 15) is 5.26 Å². The van der Waals surface area contributed by atoms with Crippen molar-refractivity contribution in [2.24, 2.45) is 7.05 Å². The van der Waals surface area contributed by atoms with Crippen LogP contribution in [0.3, 0.4) is 0 Å². The second-order valence-corrected chi connectivity index (χ2v) is 7.69. The summed E-state index contributed by atoms with van der Waals surface area (Å²) >= 11 is 0. The molecule has 4 aromatic rings. The molecule has 1 aliphatic rings. The lowest BCUT2D eigenvalue weighted by Gasteiger charge is -2.21. The summed E-state index contributed by atoms with van der Waals surface area (Å²) in [6, 6.07) is 10.1. The topological polar surface area (TPSA) is 120 Å². The fourth-order valence-corrected chi connectivity index (χ4v) is 3.99. The Morgan fingerprint density at radius 1 is 1.29 bits per heavy atom. The van der Waals surface area contributed by atoms with Crippen molar-refractivity contribution in [1.82, 2.24) is 29.8 Å². The molecule has 1 unspecified atom stereocenters. The van der Waals surface area contributed by atoms with Gasteiger partial charge in [0.1, 0.15) is 17.9 Å². The van der Waals surface area contributed by atoms with Gasteiger partial charge in [-0.25, -0.2) is 9.67 Å². The van der Waals surface area contributed by atoms with Gasteiger partial charge in [-0.05, 0) is 19.9 Å². The van der Waals surface area contributed by atoms with Crippen LogP contribution in [-0.4, -0.2) is 29.8 Å². The number of ether oxygens (including phenoxy) is 1. The normalized spacial score (nSPS) is 14.8. The minimum absolute atomic E-state index is 0.212. The smallest absolute Gasteiger partial charge is 0.190 e. The molecule has 31 heavy (non-hydrogen) atoms. The Kier molecular flexibility index (Phi) is 4.22. The second kappa shape index (κ2) is 6.95. The van der Waals surface area contributed by atoms with Crippen molar-refractivity contribution in [3.05, 3.63) is 59.0 Å². The van der Waals surface area contributed by atoms with Crippen LogP contribution in [0.1, 0.15) is 35.4 Å². The second-order valence-electron chi connectivity index (χ2n) is 7.69. The van der Waals surface area contributed by atoms with Gasteiger partial charge in [0.25, 0.3) is 0 Å². The predicted molar refractivity (Wildman–Crippen MR) is 114 cm³/mol. The van der Waals surface area contributed by atoms with Gasteiger partial charge in [-0.1, -0.05) is 29.0 Å². The van der Waals surface area contributed by atoms with E-state index < -0.39 is 0 Å². The number of rotatable bonds is 0. The van der Waals surface area contributed by atoms with Gasteiger partial charge in [-0.15, -0.1) is 5.10 Å². The number of pyridine rings is 1. The Balaban J connectivity index is 1.82. The fourth-order valence-electron chi connectivity index (χ4n) is 3.99. The highest BCUT2D eigenvalue weighted by atomic mass is 16.5. The average Bonchev–Trinajstić information content (AvgIpc) is 3.32. The molecule has 2 bridgehead atoms. The Bertz CT molecular complexity index is 1360. The molecule has 4 heterocycles. The van der Waals surface area contributed by atoms with Crippen LogP contribution in [0.25, 0.3) is 22.5 Å². The van der Waals surface area contributed by atoms with E-state index in [4.69, 9.17) is 15.6 Å². The molecule has 0 radical (unpaired) electrons. The number of aryl methyl sites for hydroxylation is 2. The van der Waals surface area contributed by atoms with Crippen LogP contribution in [0.4, 0.5) is 5.82 Å². The largest absolute Gasteiger partial charge is 0.482 e. The molecule has 0 saturated carbocycles. The number of fused-ring (bicyclic) bond motifs is 7. The Labute approximate surface area is 178 Å². The molecule has 9 nitrogen and oxygen atoms in total. The van der Waals surface area contributed by atoms with Gasteiger partial charge >= 0.3 is 0 Å². The van der Waals surface area contributed by atoms with E-state index in [0.717, 1.165) is 27.9 Å². The summed E-state index contributed by atoms with van der Waals surface area (Å²) in [5.41, 5.74) is 12.4. The number of nitrogen functional groups attached to an aromatic ring is 1. The number of nitrogens with two attached hydrogens (primary N) is 1. The molecule has 9 heteroatoms. The van der Waals surface area contributed by atoms with Crippen LogP contribution in [0.15, 0.2) is 36.7 Å². The molecule has 154 valence electrons. The van der Waals surface area contributed by atoms with Gasteiger partial charge in [0.15, 0.2) is 17.3 Å². The summed E-state index contributed by atoms with van der Waals surface area (Å²) < 4.78 is 9.74. The SMILES string of the molecule is Cc1ccc2c(c1)C(C)Oc1cc(cnc1N)-c1c(C#N)nnn1Cc1cn(C)nc1-2. The lowest BCUT2D eigenvalue weighted by molar-refractivity contribution is 0.228. The third kappa shape index (κ3) is 3.09. The Hall–Kier alpha value is -4.19. The predicted octanol–water partition coefficient (Wildman–Crippen LogP) is 3.00. The third-order valence-electron chi connectivity index (χ3n) is 5.42. The summed E-state index contributed by atoms with van der Waals surface area (Å²) in [6.07, 6.45) is 3.26. The number of nitrogens with zero attached hydrogens (tertiary/aromatic N) is 7. The highest BCUT2D eigenvalue weighted by Gasteiger charge is 2.24. The average molecular weight is 412 g/mol. The summed E-state index contributed by atoms with van der Waals surface area (Å²) in [5.74, 6) is 0.717. The minimum atomic E-state index is -0.304. The van der Waals surface area contributed by atoms with Crippen LogP contribution in [0.2, 0.25) is 0 Å². The number of hydrogen-bond acceptors (Lipinski definition) is 7. The quantitative estimate of drug-likeness (QED) is 0.471. The van der Waals surface area contributed by atoms with Gasteiger partial charge in [0, 0.05) is 41.7 Å². The zero-order valence-corrected chi connectivity index (χ0v) is 17.4. The molecule has 0 spiro atoms. The van der Waals surface area contributed by atoms with Crippen molar-refractivity contribution in [1.29, 1.82) is 5.26 Å². The van der Waals surface area contributed by atoms with Crippen molar-refractivity contribution in [3.63, 3.8) is 0 Å². The summed E-state index contributed by atoms with van der Waals surface area (Å²) in [5, 5.41) is 22.6. The molecule has 3 aromatic heterocycles. The van der Waals surface area contributed by atoms with Gasteiger partial charge in [0.2, 0.25) is 0 Å². The first kappa shape index (κ1) is 18.8. The van der Waals surface area contributed by atoms with E-state index >= 15 is 0 Å². The number of aromatic nitrogens is 6. The molecule has 0 amide bonds. The lowest BCUT2D eigenvalue weighted by Crippen LogP contribution is -2.11. The third-order valence-corrected chi connectivity index (χ3v) is 5.42. The monoisotopic (exact) mass is 412 g/mol. The Morgan fingerprint density at radius 3 is 2.94 bits per heavy atom. The van der Waals surface area contributed by atoms with Gasteiger partial charge in [-0.3, -0.25) is 4.68 Å². The maximum absolute atomic E-state index is 9.60. The summed E-state index contributed by atoms with van der Waals surface area (Å²) in [4.78, 5) is 4.30. The van der Waals surface area contributed by atoms with Crippen molar-refractivity contribution in [3.8, 4) is 34.3 Å². The number of benzene rings is 1. The molecular formula is C22H20N8O. The molecule has 0 aliphatic carbocycles. The summed E-state index contributed by atoms with van der Waals surface area (Å²) in [6.45, 7) is 4.42. The van der Waals surface area contributed by atoms with Crippen molar-refractivity contribution >= 4 is 5.82 Å². The van der Waals surface area contributed by atoms with Crippen molar-refractivity contribution in [2.45, 2.75) is 26.5 Å². The highest BCUT2D eigenvalue weighted by molar-refractivity contribution is 5.71. The van der Waals surface area contributed by atoms with E-state index in [-0.39, 0.29) is 17.6 Å². The maximum atomic E-state index is 9.60. The van der Waals surface area contributed by atoms with Crippen LogP contribution < -0.4 is 10.5 Å². The zero-order valence-electron chi connectivity index (χ0n) is 17.4. The lowest BCUT2D eigenvalue weighted by atomic mass is 9.96. The van der Waals surface area contributed by atoms with Gasteiger partial charge in [-0.2, -0.15) is 10.4 Å². The van der Waals surface area contributed by atoms with Crippen LogP contribution in [-0.2, 0) is 13.6 Å². The fraction of sp³-hybridized carbons (Fsp3) is 0.227. The van der Waals surface area contributed by atoms with E-state index in [0.29, 0.717) is 23.6 Å². The van der Waals surface area contributed by atoms with Crippen LogP contribution >= 0.6 is 0 Å². The first-order chi connectivity index (χ1) is 14.9. The minimum Gasteiger partial charge on any atom is -0.482 e. The van der Waals surface area contributed by atoms with E-state index in [1.807, 2.05) is 27.1 Å². The van der Waals surface area contributed by atoms with Crippen molar-refractivity contribution < 1.29 is 4.74 Å². The first-order valence-electron chi connectivity index (χ1n) is 9.84. The zero-order chi connectivity index (χ0) is 21.7. The number of nitriles is 1. The molecule has 1 aliphatic heterocycles. The Morgan fingerprint density at radius 2 is 2.13 bits per heavy atom. The molecule has 1 atom stereocenters. The first-order valence-corrected chi connectivity index (χ1v) is 9.84. The van der Waals surface area contributed by atoms with E-state index in [1.165, 1.54) is 0 Å². The van der Waals surface area contributed by atoms with Crippen LogP contribution in [0, 0.1) is 18.3 Å². The molecule has 5 rings (SSSR count). The standard InChI is InChI=1S/C22H20N8O/c1-12-4-5-16-17(6-12)13(2)31-19-7-14(9-25-22(19)24)21-18(8-23)26-28-30(21)11-15-10-29(3)27-20(15)16/h4-7,9-10,13H,11H2,1-3H3,(H2,24,25). The number of hydrogen-bond donors (Lipinski definition) is 1. The molecule has 0 fully saturated rings.